The van der Waals surface area contributed by atoms with E-state index in [9.17, 15) is 4.79 Å². The molecule has 11 heavy (non-hydrogen) atoms. The van der Waals surface area contributed by atoms with Crippen molar-refractivity contribution < 1.29 is 9.53 Å². The first-order valence-electron chi connectivity index (χ1n) is 3.31. The maximum Gasteiger partial charge on any atom is 0.261 e. The van der Waals surface area contributed by atoms with Crippen LogP contribution in [0.5, 0.6) is 5.75 Å². The summed E-state index contributed by atoms with van der Waals surface area (Å²) < 4.78 is 4.99. The van der Waals surface area contributed by atoms with E-state index < -0.39 is 0 Å². The Morgan fingerprint density at radius 2 is 2.27 bits per heavy atom. The zero-order chi connectivity index (χ0) is 7.84. The van der Waals surface area contributed by atoms with E-state index in [1.807, 2.05) is 12.1 Å². The molecule has 3 heteroatoms. The Bertz CT molecular complexity index is 320. The van der Waals surface area contributed by atoms with Gasteiger partial charge in [0.05, 0.1) is 12.8 Å². The molecule has 0 aromatic heterocycles. The predicted octanol–water partition coefficient (Wildman–Crippen LogP) is 1.26. The monoisotopic (exact) mass is 149 g/mol. The number of rotatable bonds is 1. The van der Waals surface area contributed by atoms with Crippen LogP contribution in [0.1, 0.15) is 10.4 Å². The van der Waals surface area contributed by atoms with Gasteiger partial charge in [-0.05, 0) is 12.1 Å². The van der Waals surface area contributed by atoms with Crippen molar-refractivity contribution in [1.29, 1.82) is 0 Å². The number of carbonyl (C=O) groups is 1. The molecule has 1 aliphatic heterocycles. The Kier molecular flexibility index (Phi) is 1.12. The Labute approximate surface area is 64.0 Å². The Balaban J connectivity index is 2.58. The molecule has 0 aliphatic carbocycles. The predicted molar refractivity (Wildman–Crippen MR) is 40.9 cm³/mol. The molecule has 3 nitrogen and oxygen atoms in total. The van der Waals surface area contributed by atoms with E-state index in [0.29, 0.717) is 11.3 Å². The summed E-state index contributed by atoms with van der Waals surface area (Å²) in [6, 6.07) is 5.47. The minimum absolute atomic E-state index is 0.0579. The molecular weight excluding hydrogens is 142 g/mol. The highest BCUT2D eigenvalue weighted by Crippen LogP contribution is 2.33. The van der Waals surface area contributed by atoms with Gasteiger partial charge in [-0.15, -0.1) is 0 Å². The molecule has 0 unspecified atom stereocenters. The lowest BCUT2D eigenvalue weighted by Gasteiger charge is -2.20. The summed E-state index contributed by atoms with van der Waals surface area (Å²) in [6.07, 6.45) is 0. The second-order valence-electron chi connectivity index (χ2n) is 2.34. The number of amides is 1. The van der Waals surface area contributed by atoms with Crippen molar-refractivity contribution in [2.24, 2.45) is 0 Å². The topological polar surface area (TPSA) is 38.3 Å². The zero-order valence-corrected chi connectivity index (χ0v) is 6.05. The van der Waals surface area contributed by atoms with Gasteiger partial charge >= 0.3 is 0 Å². The fourth-order valence-corrected chi connectivity index (χ4v) is 1.16. The number of nitrogens with one attached hydrogen (secondary N) is 1. The van der Waals surface area contributed by atoms with E-state index in [-0.39, 0.29) is 5.91 Å². The quantitative estimate of drug-likeness (QED) is 0.652. The molecule has 0 fully saturated rings. The number of methoxy groups -OCH3 is 1. The maximum absolute atomic E-state index is 10.9. The molecule has 1 N–H and O–H groups in total. The molecule has 0 radical (unpaired) electrons. The first-order chi connectivity index (χ1) is 5.33. The molecule has 0 saturated carbocycles. The fraction of sp³-hybridized carbons (Fsp3) is 0.125. The number of anilines is 1. The SMILES string of the molecule is COc1cccc2c1C(=O)N2. The number of fused-ring (bicyclic) bond motifs is 1. The number of carbonyl (C=O) groups excluding carboxylic acids is 1. The van der Waals surface area contributed by atoms with Crippen molar-refractivity contribution in [3.8, 4) is 5.75 Å². The first kappa shape index (κ1) is 6.22. The normalized spacial score (nSPS) is 13.0. The minimum atomic E-state index is -0.0579. The van der Waals surface area contributed by atoms with E-state index in [1.165, 1.54) is 0 Å². The summed E-state index contributed by atoms with van der Waals surface area (Å²) in [5.41, 5.74) is 1.52. The molecule has 56 valence electrons. The highest BCUT2D eigenvalue weighted by atomic mass is 16.5. The first-order valence-corrected chi connectivity index (χ1v) is 3.31. The smallest absolute Gasteiger partial charge is 0.261 e. The second kappa shape index (κ2) is 1.99. The summed E-state index contributed by atoms with van der Waals surface area (Å²) in [4.78, 5) is 10.9. The van der Waals surface area contributed by atoms with Crippen LogP contribution in [0.3, 0.4) is 0 Å². The van der Waals surface area contributed by atoms with Crippen molar-refractivity contribution in [1.82, 2.24) is 0 Å². The molecule has 2 rings (SSSR count). The summed E-state index contributed by atoms with van der Waals surface area (Å²) in [5.74, 6) is 0.587. The average molecular weight is 149 g/mol. The molecule has 1 aliphatic rings. The van der Waals surface area contributed by atoms with Gasteiger partial charge in [-0.1, -0.05) is 6.07 Å². The van der Waals surface area contributed by atoms with Crippen LogP contribution in [0, 0.1) is 0 Å². The van der Waals surface area contributed by atoms with Crippen molar-refractivity contribution >= 4 is 11.6 Å². The van der Waals surface area contributed by atoms with Gasteiger partial charge < -0.3 is 10.1 Å². The number of hydrogen-bond acceptors (Lipinski definition) is 2. The van der Waals surface area contributed by atoms with Crippen molar-refractivity contribution in [2.75, 3.05) is 12.4 Å². The number of hydrogen-bond donors (Lipinski definition) is 1. The summed E-state index contributed by atoms with van der Waals surface area (Å²) in [5, 5.41) is 2.64. The molecule has 0 bridgehead atoms. The van der Waals surface area contributed by atoms with E-state index in [2.05, 4.69) is 5.32 Å². The zero-order valence-electron chi connectivity index (χ0n) is 6.05. The van der Waals surface area contributed by atoms with Gasteiger partial charge in [0.1, 0.15) is 11.3 Å². The fourth-order valence-electron chi connectivity index (χ4n) is 1.16. The summed E-state index contributed by atoms with van der Waals surface area (Å²) >= 11 is 0. The van der Waals surface area contributed by atoms with E-state index in [4.69, 9.17) is 4.74 Å². The van der Waals surface area contributed by atoms with Gasteiger partial charge in [0.2, 0.25) is 0 Å². The van der Waals surface area contributed by atoms with E-state index >= 15 is 0 Å². The highest BCUT2D eigenvalue weighted by molar-refractivity contribution is 6.19. The van der Waals surface area contributed by atoms with Crippen LogP contribution in [0.4, 0.5) is 5.69 Å². The molecule has 1 heterocycles. The molecule has 0 spiro atoms. The lowest BCUT2D eigenvalue weighted by atomic mass is 10.0. The lowest BCUT2D eigenvalue weighted by Crippen LogP contribution is -2.25. The molecule has 0 atom stereocenters. The molecule has 1 aromatic rings. The summed E-state index contributed by atoms with van der Waals surface area (Å²) in [6.45, 7) is 0. The Morgan fingerprint density at radius 1 is 1.45 bits per heavy atom. The van der Waals surface area contributed by atoms with Gasteiger partial charge in [0.25, 0.3) is 5.91 Å². The molecule has 1 amide bonds. The van der Waals surface area contributed by atoms with Gasteiger partial charge in [-0.3, -0.25) is 4.79 Å². The van der Waals surface area contributed by atoms with Crippen LogP contribution < -0.4 is 10.1 Å². The van der Waals surface area contributed by atoms with Crippen LogP contribution in [0.2, 0.25) is 0 Å². The van der Waals surface area contributed by atoms with Crippen molar-refractivity contribution in [3.63, 3.8) is 0 Å². The largest absolute Gasteiger partial charge is 0.496 e. The van der Waals surface area contributed by atoms with E-state index in [1.54, 1.807) is 13.2 Å². The molecule has 1 aromatic carbocycles. The molecular formula is C8H7NO2. The third-order valence-electron chi connectivity index (χ3n) is 1.72. The van der Waals surface area contributed by atoms with Gasteiger partial charge in [-0.25, -0.2) is 0 Å². The Hall–Kier alpha value is -1.51. The third kappa shape index (κ3) is 0.707. The number of ether oxygens (including phenoxy) is 1. The van der Waals surface area contributed by atoms with Crippen LogP contribution in [-0.4, -0.2) is 13.0 Å². The second-order valence-corrected chi connectivity index (χ2v) is 2.34. The van der Waals surface area contributed by atoms with Gasteiger partial charge in [-0.2, -0.15) is 0 Å². The van der Waals surface area contributed by atoms with Crippen molar-refractivity contribution in [3.05, 3.63) is 23.8 Å². The van der Waals surface area contributed by atoms with E-state index in [0.717, 1.165) is 5.69 Å². The van der Waals surface area contributed by atoms with Crippen LogP contribution in [0.25, 0.3) is 0 Å². The average Bonchev–Trinajstić information content (AvgIpc) is 2.01. The van der Waals surface area contributed by atoms with Gasteiger partial charge in [0.15, 0.2) is 0 Å². The lowest BCUT2D eigenvalue weighted by molar-refractivity contribution is 0.100. The van der Waals surface area contributed by atoms with Crippen LogP contribution >= 0.6 is 0 Å². The highest BCUT2D eigenvalue weighted by Gasteiger charge is 2.26. The minimum Gasteiger partial charge on any atom is -0.496 e. The van der Waals surface area contributed by atoms with Crippen LogP contribution in [-0.2, 0) is 0 Å². The Morgan fingerprint density at radius 3 is 2.82 bits per heavy atom. The standard InChI is InChI=1S/C8H7NO2/c1-11-6-4-2-3-5-7(6)8(10)9-5/h2-4H,1H3,(H,9,10). The number of benzene rings is 1. The van der Waals surface area contributed by atoms with Crippen LogP contribution in [0.15, 0.2) is 18.2 Å². The van der Waals surface area contributed by atoms with Gasteiger partial charge in [0, 0.05) is 0 Å². The summed E-state index contributed by atoms with van der Waals surface area (Å²) in [7, 11) is 1.56. The van der Waals surface area contributed by atoms with Crippen molar-refractivity contribution in [2.45, 2.75) is 0 Å². The molecule has 0 saturated heterocycles. The third-order valence-corrected chi connectivity index (χ3v) is 1.72. The maximum atomic E-state index is 10.9.